The van der Waals surface area contributed by atoms with E-state index in [9.17, 15) is 4.79 Å². The summed E-state index contributed by atoms with van der Waals surface area (Å²) in [6.45, 7) is 3.05. The van der Waals surface area contributed by atoms with Crippen LogP contribution in [0.25, 0.3) is 38.4 Å². The number of anilines is 1. The number of rotatable bonds is 5. The van der Waals surface area contributed by atoms with E-state index in [1.54, 1.807) is 23.0 Å². The molecule has 3 aromatic carbocycles. The SMILES string of the molecule is COc1cccc(-n2c(-c3cc(-c4ccccc4)c(N4CCOCC4)s3)nc3ccccc3c2=O)c1. The van der Waals surface area contributed by atoms with Gasteiger partial charge in [-0.3, -0.25) is 9.36 Å². The first-order valence-corrected chi connectivity index (χ1v) is 12.7. The van der Waals surface area contributed by atoms with Crippen molar-refractivity contribution in [2.75, 3.05) is 38.3 Å². The summed E-state index contributed by atoms with van der Waals surface area (Å²) in [5, 5.41) is 1.75. The van der Waals surface area contributed by atoms with Gasteiger partial charge in [-0.25, -0.2) is 4.98 Å². The average Bonchev–Trinajstić information content (AvgIpc) is 3.39. The minimum atomic E-state index is -0.105. The highest BCUT2D eigenvalue weighted by Gasteiger charge is 2.23. The number of ether oxygens (including phenoxy) is 2. The van der Waals surface area contributed by atoms with Gasteiger partial charge < -0.3 is 14.4 Å². The van der Waals surface area contributed by atoms with Gasteiger partial charge in [0.1, 0.15) is 5.75 Å². The molecule has 2 aromatic heterocycles. The summed E-state index contributed by atoms with van der Waals surface area (Å²) >= 11 is 1.67. The Hall–Kier alpha value is -3.94. The molecule has 1 fully saturated rings. The summed E-state index contributed by atoms with van der Waals surface area (Å²) in [4.78, 5) is 22.2. The third-order valence-electron chi connectivity index (χ3n) is 6.40. The molecule has 1 aliphatic heterocycles. The van der Waals surface area contributed by atoms with Gasteiger partial charge in [-0.1, -0.05) is 48.5 Å². The van der Waals surface area contributed by atoms with Crippen LogP contribution in [0.1, 0.15) is 0 Å². The van der Waals surface area contributed by atoms with Gasteiger partial charge in [-0.2, -0.15) is 0 Å². The second kappa shape index (κ2) is 9.60. The summed E-state index contributed by atoms with van der Waals surface area (Å²) in [5.74, 6) is 1.30. The highest BCUT2D eigenvalue weighted by atomic mass is 32.1. The molecule has 3 heterocycles. The average molecular weight is 496 g/mol. The maximum Gasteiger partial charge on any atom is 0.266 e. The maximum absolute atomic E-state index is 13.8. The first-order chi connectivity index (χ1) is 17.7. The largest absolute Gasteiger partial charge is 0.497 e. The lowest BCUT2D eigenvalue weighted by Gasteiger charge is -2.28. The van der Waals surface area contributed by atoms with Crippen molar-refractivity contribution in [2.45, 2.75) is 0 Å². The number of thiophene rings is 1. The Morgan fingerprint density at radius 1 is 0.917 bits per heavy atom. The van der Waals surface area contributed by atoms with Crippen molar-refractivity contribution in [3.05, 3.63) is 95.3 Å². The minimum absolute atomic E-state index is 0.105. The third-order valence-corrected chi connectivity index (χ3v) is 7.59. The zero-order valence-corrected chi connectivity index (χ0v) is 20.7. The molecule has 6 nitrogen and oxygen atoms in total. The molecule has 0 N–H and O–H groups in total. The van der Waals surface area contributed by atoms with E-state index in [0.717, 1.165) is 34.8 Å². The predicted octanol–water partition coefficient (Wildman–Crippen LogP) is 5.63. The van der Waals surface area contributed by atoms with Crippen LogP contribution in [-0.4, -0.2) is 43.0 Å². The zero-order valence-electron chi connectivity index (χ0n) is 19.9. The zero-order chi connectivity index (χ0) is 24.5. The van der Waals surface area contributed by atoms with Crippen molar-refractivity contribution < 1.29 is 9.47 Å². The molecule has 0 saturated carbocycles. The van der Waals surface area contributed by atoms with E-state index < -0.39 is 0 Å². The van der Waals surface area contributed by atoms with Crippen molar-refractivity contribution in [1.29, 1.82) is 0 Å². The number of hydrogen-bond acceptors (Lipinski definition) is 6. The first kappa shape index (κ1) is 22.5. The summed E-state index contributed by atoms with van der Waals surface area (Å²) in [6, 6.07) is 27.6. The first-order valence-electron chi connectivity index (χ1n) is 11.9. The molecular formula is C29H25N3O3S. The van der Waals surface area contributed by atoms with Crippen molar-refractivity contribution in [2.24, 2.45) is 0 Å². The monoisotopic (exact) mass is 495 g/mol. The molecule has 6 rings (SSSR count). The summed E-state index contributed by atoms with van der Waals surface area (Å²) in [7, 11) is 1.63. The van der Waals surface area contributed by atoms with Crippen LogP contribution in [0.5, 0.6) is 5.75 Å². The lowest BCUT2D eigenvalue weighted by molar-refractivity contribution is 0.123. The van der Waals surface area contributed by atoms with Crippen molar-refractivity contribution >= 4 is 27.2 Å². The summed E-state index contributed by atoms with van der Waals surface area (Å²) in [6.07, 6.45) is 0. The number of nitrogens with zero attached hydrogens (tertiary/aromatic N) is 3. The fraction of sp³-hybridized carbons (Fsp3) is 0.172. The lowest BCUT2D eigenvalue weighted by Crippen LogP contribution is -2.35. The number of fused-ring (bicyclic) bond motifs is 1. The van der Waals surface area contributed by atoms with Crippen LogP contribution in [0.2, 0.25) is 0 Å². The highest BCUT2D eigenvalue weighted by Crippen LogP contribution is 2.43. The van der Waals surface area contributed by atoms with Crippen LogP contribution >= 0.6 is 11.3 Å². The van der Waals surface area contributed by atoms with Crippen LogP contribution in [0, 0.1) is 0 Å². The van der Waals surface area contributed by atoms with E-state index in [4.69, 9.17) is 14.5 Å². The Balaban J connectivity index is 1.62. The molecule has 36 heavy (non-hydrogen) atoms. The van der Waals surface area contributed by atoms with Crippen LogP contribution in [0.3, 0.4) is 0 Å². The quantitative estimate of drug-likeness (QED) is 0.317. The van der Waals surface area contributed by atoms with Gasteiger partial charge in [-0.05, 0) is 35.9 Å². The van der Waals surface area contributed by atoms with Crippen LogP contribution in [0.4, 0.5) is 5.00 Å². The van der Waals surface area contributed by atoms with E-state index in [-0.39, 0.29) is 5.56 Å². The number of hydrogen-bond donors (Lipinski definition) is 0. The van der Waals surface area contributed by atoms with Gasteiger partial charge >= 0.3 is 0 Å². The molecule has 0 radical (unpaired) electrons. The van der Waals surface area contributed by atoms with E-state index in [0.29, 0.717) is 35.7 Å². The number of para-hydroxylation sites is 1. The third kappa shape index (κ3) is 4.06. The standard InChI is InChI=1S/C29H25N3O3S/c1-34-22-11-7-10-21(18-22)32-27(30-25-13-6-5-12-23(25)28(32)33)26-19-24(20-8-3-2-4-9-20)29(36-26)31-14-16-35-17-15-31/h2-13,18-19H,14-17H2,1H3. The fourth-order valence-electron chi connectivity index (χ4n) is 4.60. The van der Waals surface area contributed by atoms with Gasteiger partial charge in [0, 0.05) is 24.7 Å². The summed E-state index contributed by atoms with van der Waals surface area (Å²) in [5.41, 5.74) is 3.57. The van der Waals surface area contributed by atoms with Gasteiger partial charge in [0.05, 0.1) is 46.8 Å². The smallest absolute Gasteiger partial charge is 0.266 e. The van der Waals surface area contributed by atoms with Crippen LogP contribution in [0.15, 0.2) is 89.7 Å². The van der Waals surface area contributed by atoms with E-state index in [1.807, 2.05) is 54.6 Å². The van der Waals surface area contributed by atoms with Gasteiger partial charge in [0.15, 0.2) is 5.82 Å². The van der Waals surface area contributed by atoms with Crippen LogP contribution < -0.4 is 15.2 Å². The molecule has 0 bridgehead atoms. The van der Waals surface area contributed by atoms with Crippen molar-refractivity contribution in [3.8, 4) is 33.3 Å². The van der Waals surface area contributed by atoms with E-state index in [2.05, 4.69) is 35.2 Å². The van der Waals surface area contributed by atoms with Gasteiger partial charge in [-0.15, -0.1) is 11.3 Å². The number of benzene rings is 3. The lowest BCUT2D eigenvalue weighted by atomic mass is 10.1. The Morgan fingerprint density at radius 2 is 1.69 bits per heavy atom. The molecule has 1 aliphatic rings. The molecule has 180 valence electrons. The maximum atomic E-state index is 13.8. The van der Waals surface area contributed by atoms with Gasteiger partial charge in [0.2, 0.25) is 0 Å². The molecule has 5 aromatic rings. The second-order valence-corrected chi connectivity index (χ2v) is 9.62. The number of aromatic nitrogens is 2. The fourth-order valence-corrected chi connectivity index (χ4v) is 5.82. The number of methoxy groups -OCH3 is 1. The van der Waals surface area contributed by atoms with E-state index in [1.165, 1.54) is 5.00 Å². The highest BCUT2D eigenvalue weighted by molar-refractivity contribution is 7.20. The molecule has 0 amide bonds. The molecule has 1 saturated heterocycles. The Morgan fingerprint density at radius 3 is 2.50 bits per heavy atom. The normalized spacial score (nSPS) is 13.8. The second-order valence-electron chi connectivity index (χ2n) is 8.59. The molecule has 0 unspecified atom stereocenters. The topological polar surface area (TPSA) is 56.6 Å². The predicted molar refractivity (Wildman–Crippen MR) is 146 cm³/mol. The summed E-state index contributed by atoms with van der Waals surface area (Å²) < 4.78 is 12.8. The molecule has 0 atom stereocenters. The Kier molecular flexibility index (Phi) is 6.01. The van der Waals surface area contributed by atoms with Crippen LogP contribution in [-0.2, 0) is 4.74 Å². The number of morpholine rings is 1. The van der Waals surface area contributed by atoms with Crippen molar-refractivity contribution in [1.82, 2.24) is 9.55 Å². The molecule has 0 aliphatic carbocycles. The van der Waals surface area contributed by atoms with Crippen molar-refractivity contribution in [3.63, 3.8) is 0 Å². The van der Waals surface area contributed by atoms with Gasteiger partial charge in [0.25, 0.3) is 5.56 Å². The van der Waals surface area contributed by atoms with E-state index >= 15 is 0 Å². The minimum Gasteiger partial charge on any atom is -0.497 e. The Bertz CT molecular complexity index is 1590. The molecular weight excluding hydrogens is 470 g/mol. The molecule has 0 spiro atoms. The Labute approximate surface area is 213 Å². The molecule has 7 heteroatoms.